The number of nitrogens with zero attached hydrogens (tertiary/aromatic N) is 2. The summed E-state index contributed by atoms with van der Waals surface area (Å²) in [6, 6.07) is 17.6. The van der Waals surface area contributed by atoms with E-state index in [-0.39, 0.29) is 35.7 Å². The molecule has 6 rings (SSSR count). The minimum absolute atomic E-state index is 0.0226. The van der Waals surface area contributed by atoms with Crippen LogP contribution in [0.15, 0.2) is 78.4 Å². The summed E-state index contributed by atoms with van der Waals surface area (Å²) in [5, 5.41) is 7.72. The second kappa shape index (κ2) is 10.6. The molecule has 1 unspecified atom stereocenters. The monoisotopic (exact) mass is 555 g/mol. The van der Waals surface area contributed by atoms with Gasteiger partial charge in [-0.1, -0.05) is 25.1 Å². The van der Waals surface area contributed by atoms with Crippen molar-refractivity contribution < 1.29 is 19.1 Å². The molecule has 1 aliphatic carbocycles. The van der Waals surface area contributed by atoms with Crippen LogP contribution in [-0.4, -0.2) is 51.2 Å². The van der Waals surface area contributed by atoms with Crippen molar-refractivity contribution in [1.29, 1.82) is 0 Å². The van der Waals surface area contributed by atoms with Gasteiger partial charge in [0.1, 0.15) is 23.4 Å². The largest absolute Gasteiger partial charge is 0.457 e. The Kier molecular flexibility index (Phi) is 6.85. The molecule has 3 heterocycles. The molecular weight excluding hydrogens is 526 g/mol. The van der Waals surface area contributed by atoms with Crippen LogP contribution in [0.25, 0.3) is 11.4 Å². The zero-order valence-corrected chi connectivity index (χ0v) is 22.7. The van der Waals surface area contributed by atoms with Crippen molar-refractivity contribution in [2.45, 2.75) is 38.4 Å². The molecule has 2 aliphatic rings. The zero-order valence-electron chi connectivity index (χ0n) is 21.9. The van der Waals surface area contributed by atoms with Crippen LogP contribution in [0.4, 0.5) is 0 Å². The third kappa shape index (κ3) is 5.35. The number of rotatable bonds is 9. The lowest BCUT2D eigenvalue weighted by molar-refractivity contribution is -0.139. The molecule has 2 aromatic carbocycles. The molecule has 3 N–H and O–H groups in total. The van der Waals surface area contributed by atoms with E-state index in [1.807, 2.05) is 41.8 Å². The standard InChI is InChI=1S/C30H29N5O4S/c1-30-14-24(29(38)33-16-23-13-20(18-40-23)27-31-11-12-32-27)35(25(30)15-30)26(36)17-34-28(37)19-7-9-22(10-8-19)39-21-5-3-2-4-6-21/h2-13,18,24-25H,14-17H2,1H3,(H,31,32)(H,33,38)(H,34,37)/t24-,25?,30-/m0/s1. The number of ether oxygens (including phenoxy) is 1. The van der Waals surface area contributed by atoms with Gasteiger partial charge in [0.05, 0.1) is 13.1 Å². The van der Waals surface area contributed by atoms with Crippen LogP contribution in [0.2, 0.25) is 0 Å². The predicted octanol–water partition coefficient (Wildman–Crippen LogP) is 4.36. The number of para-hydroxylation sites is 1. The number of benzene rings is 2. The summed E-state index contributed by atoms with van der Waals surface area (Å²) < 4.78 is 5.77. The molecule has 4 aromatic rings. The van der Waals surface area contributed by atoms with Gasteiger partial charge in [-0.25, -0.2) is 4.98 Å². The lowest BCUT2D eigenvalue weighted by Crippen LogP contribution is -2.50. The number of hydrogen-bond acceptors (Lipinski definition) is 6. The summed E-state index contributed by atoms with van der Waals surface area (Å²) in [5.41, 5.74) is 1.34. The summed E-state index contributed by atoms with van der Waals surface area (Å²) in [7, 11) is 0. The van der Waals surface area contributed by atoms with Gasteiger partial charge in [0.2, 0.25) is 11.8 Å². The second-order valence-corrected chi connectivity index (χ2v) is 11.5. The van der Waals surface area contributed by atoms with Gasteiger partial charge < -0.3 is 25.3 Å². The van der Waals surface area contributed by atoms with E-state index in [0.29, 0.717) is 30.0 Å². The van der Waals surface area contributed by atoms with E-state index in [4.69, 9.17) is 4.74 Å². The molecule has 1 saturated heterocycles. The highest BCUT2D eigenvalue weighted by atomic mass is 32.1. The average Bonchev–Trinajstić information content (AvgIpc) is 3.43. The number of piperidine rings is 1. The number of carbonyl (C=O) groups excluding carboxylic acids is 3. The summed E-state index contributed by atoms with van der Waals surface area (Å²) >= 11 is 1.55. The van der Waals surface area contributed by atoms with Crippen molar-refractivity contribution in [3.63, 3.8) is 0 Å². The lowest BCUT2D eigenvalue weighted by Gasteiger charge is -2.27. The number of imidazole rings is 1. The number of carbonyl (C=O) groups is 3. The summed E-state index contributed by atoms with van der Waals surface area (Å²) in [4.78, 5) is 49.2. The molecule has 2 fully saturated rings. The van der Waals surface area contributed by atoms with Crippen molar-refractivity contribution in [2.24, 2.45) is 5.41 Å². The molecule has 0 bridgehead atoms. The van der Waals surface area contributed by atoms with Gasteiger partial charge in [-0.3, -0.25) is 14.4 Å². The first-order chi connectivity index (χ1) is 19.4. The molecule has 9 nitrogen and oxygen atoms in total. The first-order valence-electron chi connectivity index (χ1n) is 13.2. The van der Waals surface area contributed by atoms with E-state index in [2.05, 4.69) is 27.5 Å². The molecular formula is C30H29N5O4S. The smallest absolute Gasteiger partial charge is 0.251 e. The van der Waals surface area contributed by atoms with Gasteiger partial charge >= 0.3 is 0 Å². The molecule has 3 amide bonds. The topological polar surface area (TPSA) is 116 Å². The Morgan fingerprint density at radius 3 is 2.60 bits per heavy atom. The van der Waals surface area contributed by atoms with Crippen LogP contribution in [-0.2, 0) is 16.1 Å². The summed E-state index contributed by atoms with van der Waals surface area (Å²) in [6.07, 6.45) is 4.96. The van der Waals surface area contributed by atoms with Crippen molar-refractivity contribution in [3.8, 4) is 22.9 Å². The Bertz CT molecular complexity index is 1520. The van der Waals surface area contributed by atoms with E-state index in [1.54, 1.807) is 52.9 Å². The van der Waals surface area contributed by atoms with Crippen molar-refractivity contribution in [2.75, 3.05) is 6.54 Å². The van der Waals surface area contributed by atoms with Crippen LogP contribution in [0.3, 0.4) is 0 Å². The third-order valence-corrected chi connectivity index (χ3v) is 8.52. The van der Waals surface area contributed by atoms with Crippen LogP contribution < -0.4 is 15.4 Å². The Labute approximate surface area is 235 Å². The fourth-order valence-corrected chi connectivity index (χ4v) is 6.13. The van der Waals surface area contributed by atoms with Crippen molar-refractivity contribution >= 4 is 29.1 Å². The molecule has 204 valence electrons. The SMILES string of the molecule is C[C@]12CC1N(C(=O)CNC(=O)c1ccc(Oc3ccccc3)cc1)[C@H](C(=O)NCc1cc(-c3ncc[nH]3)cs1)C2. The van der Waals surface area contributed by atoms with Gasteiger partial charge in [0.25, 0.3) is 5.91 Å². The fraction of sp³-hybridized carbons (Fsp3) is 0.267. The van der Waals surface area contributed by atoms with Crippen LogP contribution in [0.1, 0.15) is 35.0 Å². The lowest BCUT2D eigenvalue weighted by atomic mass is 10.0. The molecule has 0 radical (unpaired) electrons. The maximum atomic E-state index is 13.2. The Morgan fingerprint density at radius 1 is 1.07 bits per heavy atom. The van der Waals surface area contributed by atoms with Gasteiger partial charge in [0, 0.05) is 39.8 Å². The first-order valence-corrected chi connectivity index (χ1v) is 14.0. The number of nitrogens with one attached hydrogen (secondary N) is 3. The zero-order chi connectivity index (χ0) is 27.7. The minimum atomic E-state index is -0.549. The first kappa shape index (κ1) is 25.8. The normalized spacial score (nSPS) is 21.0. The van der Waals surface area contributed by atoms with E-state index >= 15 is 0 Å². The number of likely N-dealkylation sites (tertiary alicyclic amines) is 1. The highest BCUT2D eigenvalue weighted by Crippen LogP contribution is 2.59. The van der Waals surface area contributed by atoms with Gasteiger partial charge in [0.15, 0.2) is 0 Å². The quantitative estimate of drug-likeness (QED) is 0.284. The minimum Gasteiger partial charge on any atom is -0.457 e. The molecule has 1 aliphatic heterocycles. The Morgan fingerprint density at radius 2 is 1.85 bits per heavy atom. The molecule has 0 spiro atoms. The highest BCUT2D eigenvalue weighted by Gasteiger charge is 2.64. The number of hydrogen-bond donors (Lipinski definition) is 3. The van der Waals surface area contributed by atoms with Gasteiger partial charge in [-0.05, 0) is 60.7 Å². The maximum Gasteiger partial charge on any atom is 0.251 e. The molecule has 2 aromatic heterocycles. The van der Waals surface area contributed by atoms with Crippen LogP contribution in [0.5, 0.6) is 11.5 Å². The molecule has 3 atom stereocenters. The molecule has 10 heteroatoms. The Balaban J connectivity index is 1.03. The van der Waals surface area contributed by atoms with Crippen LogP contribution in [0, 0.1) is 5.41 Å². The number of thiophene rings is 1. The average molecular weight is 556 g/mol. The van der Waals surface area contributed by atoms with Crippen LogP contribution >= 0.6 is 11.3 Å². The maximum absolute atomic E-state index is 13.2. The molecule has 40 heavy (non-hydrogen) atoms. The highest BCUT2D eigenvalue weighted by molar-refractivity contribution is 7.10. The summed E-state index contributed by atoms with van der Waals surface area (Å²) in [5.74, 6) is 1.32. The number of aromatic amines is 1. The number of amides is 3. The fourth-order valence-electron chi connectivity index (χ4n) is 5.32. The predicted molar refractivity (Wildman–Crippen MR) is 151 cm³/mol. The number of aromatic nitrogens is 2. The van der Waals surface area contributed by atoms with E-state index < -0.39 is 6.04 Å². The second-order valence-electron chi connectivity index (χ2n) is 10.5. The third-order valence-electron chi connectivity index (χ3n) is 7.58. The van der Waals surface area contributed by atoms with Crippen molar-refractivity contribution in [1.82, 2.24) is 25.5 Å². The van der Waals surface area contributed by atoms with E-state index in [0.717, 1.165) is 22.7 Å². The summed E-state index contributed by atoms with van der Waals surface area (Å²) in [6.45, 7) is 2.32. The van der Waals surface area contributed by atoms with Gasteiger partial charge in [-0.2, -0.15) is 0 Å². The van der Waals surface area contributed by atoms with E-state index in [9.17, 15) is 14.4 Å². The van der Waals surface area contributed by atoms with Gasteiger partial charge in [-0.15, -0.1) is 11.3 Å². The number of fused-ring (bicyclic) bond motifs is 1. The Hall–Kier alpha value is -4.44. The van der Waals surface area contributed by atoms with E-state index in [1.165, 1.54) is 0 Å². The molecule has 1 saturated carbocycles. The van der Waals surface area contributed by atoms with Crippen molar-refractivity contribution in [3.05, 3.63) is 88.9 Å². The number of H-pyrrole nitrogens is 1.